The fraction of sp³-hybridized carbons (Fsp3) is 0.222. The van der Waals surface area contributed by atoms with Crippen molar-refractivity contribution in [3.8, 4) is 0 Å². The van der Waals surface area contributed by atoms with Crippen LogP contribution in [0.15, 0.2) is 47.3 Å². The summed E-state index contributed by atoms with van der Waals surface area (Å²) in [7, 11) is -2.37. The Morgan fingerprint density at radius 3 is 2.52 bits per heavy atom. The van der Waals surface area contributed by atoms with Gasteiger partial charge >= 0.3 is 10.8 Å². The fourth-order valence-electron chi connectivity index (χ4n) is 2.72. The van der Waals surface area contributed by atoms with Gasteiger partial charge in [-0.15, -0.1) is 0 Å². The molecule has 142 valence electrons. The van der Waals surface area contributed by atoms with Crippen molar-refractivity contribution in [3.05, 3.63) is 63.3 Å². The molecule has 27 heavy (non-hydrogen) atoms. The first-order valence-corrected chi connectivity index (χ1v) is 10.6. The first kappa shape index (κ1) is 19.1. The molecule has 0 atom stereocenters. The zero-order valence-electron chi connectivity index (χ0n) is 14.8. The highest BCUT2D eigenvalue weighted by atomic mass is 32.2. The van der Waals surface area contributed by atoms with Crippen LogP contribution in [0.5, 0.6) is 0 Å². The van der Waals surface area contributed by atoms with Crippen LogP contribution in [0.1, 0.15) is 22.8 Å². The summed E-state index contributed by atoms with van der Waals surface area (Å²) in [6, 6.07) is 11.2. The Morgan fingerprint density at radius 2 is 1.89 bits per heavy atom. The van der Waals surface area contributed by atoms with Crippen molar-refractivity contribution in [2.24, 2.45) is 0 Å². The van der Waals surface area contributed by atoms with E-state index in [1.807, 2.05) is 6.92 Å². The number of rotatable bonds is 6. The molecule has 1 aromatic heterocycles. The molecule has 0 fully saturated rings. The zero-order valence-corrected chi connectivity index (χ0v) is 16.4. The molecule has 0 radical (unpaired) electrons. The first-order valence-electron chi connectivity index (χ1n) is 8.14. The van der Waals surface area contributed by atoms with Gasteiger partial charge in [0.05, 0.1) is 34.3 Å². The van der Waals surface area contributed by atoms with Gasteiger partial charge < -0.3 is 4.74 Å². The molecule has 1 heterocycles. The number of anilines is 1. The summed E-state index contributed by atoms with van der Waals surface area (Å²) >= 11 is 1.08. The van der Waals surface area contributed by atoms with Crippen LogP contribution < -0.4 is 9.60 Å². The standard InChI is InChI=1S/C18H18N2O5S2/c1-3-20-15-9-8-14(10-16(15)26-18(20)22)19-27(23,24)11-12-4-6-13(7-5-12)17(21)25-2/h4-10,19H,3,11H2,1-2H3. The Morgan fingerprint density at radius 1 is 1.19 bits per heavy atom. The molecule has 0 saturated heterocycles. The summed E-state index contributed by atoms with van der Waals surface area (Å²) in [5, 5.41) is 0. The molecule has 3 aromatic rings. The van der Waals surface area contributed by atoms with Gasteiger partial charge in [-0.05, 0) is 42.8 Å². The van der Waals surface area contributed by atoms with Crippen LogP contribution in [0, 0.1) is 0 Å². The Bertz CT molecular complexity index is 1140. The number of nitrogens with zero attached hydrogens (tertiary/aromatic N) is 1. The van der Waals surface area contributed by atoms with E-state index in [1.54, 1.807) is 34.9 Å². The van der Waals surface area contributed by atoms with E-state index in [9.17, 15) is 18.0 Å². The summed E-state index contributed by atoms with van der Waals surface area (Å²) in [4.78, 5) is 23.3. The second-order valence-electron chi connectivity index (χ2n) is 5.84. The minimum Gasteiger partial charge on any atom is -0.465 e. The SMILES string of the molecule is CCn1c(=O)sc2cc(NS(=O)(=O)Cc3ccc(C(=O)OC)cc3)ccc21. The number of ether oxygens (including phenoxy) is 1. The predicted octanol–water partition coefficient (Wildman–Crippen LogP) is 2.81. The van der Waals surface area contributed by atoms with E-state index in [0.29, 0.717) is 23.4 Å². The number of thiazole rings is 1. The lowest BCUT2D eigenvalue weighted by molar-refractivity contribution is 0.0600. The number of methoxy groups -OCH3 is 1. The fourth-order valence-corrected chi connectivity index (χ4v) is 4.90. The van der Waals surface area contributed by atoms with E-state index < -0.39 is 16.0 Å². The molecular formula is C18H18N2O5S2. The number of carbonyl (C=O) groups is 1. The highest BCUT2D eigenvalue weighted by molar-refractivity contribution is 7.91. The average Bonchev–Trinajstić information content (AvgIpc) is 2.95. The van der Waals surface area contributed by atoms with Gasteiger partial charge in [0.2, 0.25) is 10.0 Å². The molecular weight excluding hydrogens is 388 g/mol. The number of hydrogen-bond acceptors (Lipinski definition) is 6. The maximum atomic E-state index is 12.4. The Labute approximate surface area is 160 Å². The minimum atomic E-state index is -3.65. The van der Waals surface area contributed by atoms with E-state index in [1.165, 1.54) is 19.2 Å². The van der Waals surface area contributed by atoms with Gasteiger partial charge in [0, 0.05) is 6.54 Å². The number of aryl methyl sites for hydroxylation is 1. The van der Waals surface area contributed by atoms with Crippen molar-refractivity contribution in [1.29, 1.82) is 0 Å². The van der Waals surface area contributed by atoms with E-state index >= 15 is 0 Å². The van der Waals surface area contributed by atoms with E-state index in [-0.39, 0.29) is 10.6 Å². The molecule has 0 aliphatic rings. The monoisotopic (exact) mass is 406 g/mol. The number of nitrogens with one attached hydrogen (secondary N) is 1. The van der Waals surface area contributed by atoms with Crippen LogP contribution in [0.2, 0.25) is 0 Å². The molecule has 7 nitrogen and oxygen atoms in total. The van der Waals surface area contributed by atoms with Crippen molar-refractivity contribution in [1.82, 2.24) is 4.57 Å². The van der Waals surface area contributed by atoms with Crippen LogP contribution in [-0.4, -0.2) is 26.1 Å². The van der Waals surface area contributed by atoms with E-state index in [2.05, 4.69) is 9.46 Å². The lowest BCUT2D eigenvalue weighted by Gasteiger charge is -2.09. The molecule has 1 N–H and O–H groups in total. The van der Waals surface area contributed by atoms with Gasteiger partial charge in [0.25, 0.3) is 0 Å². The number of benzene rings is 2. The number of carbonyl (C=O) groups excluding carboxylic acids is 1. The van der Waals surface area contributed by atoms with Crippen molar-refractivity contribution in [2.45, 2.75) is 19.2 Å². The quantitative estimate of drug-likeness (QED) is 0.635. The Kier molecular flexibility index (Phi) is 5.33. The number of aromatic nitrogens is 1. The van der Waals surface area contributed by atoms with Gasteiger partial charge in [0.15, 0.2) is 0 Å². The number of sulfonamides is 1. The van der Waals surface area contributed by atoms with Gasteiger partial charge in [-0.3, -0.25) is 14.1 Å². The molecule has 0 aliphatic carbocycles. The maximum Gasteiger partial charge on any atom is 0.337 e. The number of hydrogen-bond donors (Lipinski definition) is 1. The average molecular weight is 406 g/mol. The molecule has 0 unspecified atom stereocenters. The van der Waals surface area contributed by atoms with Crippen LogP contribution in [0.25, 0.3) is 10.2 Å². The highest BCUT2D eigenvalue weighted by Crippen LogP contribution is 2.23. The van der Waals surface area contributed by atoms with Crippen LogP contribution in [0.3, 0.4) is 0 Å². The summed E-state index contributed by atoms with van der Waals surface area (Å²) in [5.74, 6) is -0.715. The van der Waals surface area contributed by atoms with Crippen molar-refractivity contribution in [3.63, 3.8) is 0 Å². The normalized spacial score (nSPS) is 11.5. The van der Waals surface area contributed by atoms with Crippen molar-refractivity contribution >= 4 is 43.2 Å². The third-order valence-electron chi connectivity index (χ3n) is 3.99. The lowest BCUT2D eigenvalue weighted by atomic mass is 10.1. The highest BCUT2D eigenvalue weighted by Gasteiger charge is 2.14. The van der Waals surface area contributed by atoms with Gasteiger partial charge in [0.1, 0.15) is 0 Å². The second kappa shape index (κ2) is 7.53. The topological polar surface area (TPSA) is 94.5 Å². The molecule has 0 spiro atoms. The number of fused-ring (bicyclic) bond motifs is 1. The number of esters is 1. The van der Waals surface area contributed by atoms with Crippen LogP contribution >= 0.6 is 11.3 Å². The first-order chi connectivity index (χ1) is 12.8. The molecule has 3 rings (SSSR count). The minimum absolute atomic E-state index is 0.0711. The Hall–Kier alpha value is -2.65. The second-order valence-corrected chi connectivity index (χ2v) is 8.56. The third-order valence-corrected chi connectivity index (χ3v) is 6.19. The van der Waals surface area contributed by atoms with Crippen molar-refractivity contribution in [2.75, 3.05) is 11.8 Å². The Balaban J connectivity index is 1.79. The molecule has 0 saturated carbocycles. The van der Waals surface area contributed by atoms with Gasteiger partial charge in [-0.1, -0.05) is 23.5 Å². The summed E-state index contributed by atoms with van der Waals surface area (Å²) in [6.45, 7) is 2.45. The van der Waals surface area contributed by atoms with Gasteiger partial charge in [-0.25, -0.2) is 13.2 Å². The summed E-state index contributed by atoms with van der Waals surface area (Å²) < 4.78 is 34.4. The zero-order chi connectivity index (χ0) is 19.6. The van der Waals surface area contributed by atoms with Crippen molar-refractivity contribution < 1.29 is 17.9 Å². The van der Waals surface area contributed by atoms with Crippen LogP contribution in [-0.2, 0) is 27.1 Å². The summed E-state index contributed by atoms with van der Waals surface area (Å²) in [6.07, 6.45) is 0. The smallest absolute Gasteiger partial charge is 0.337 e. The third kappa shape index (κ3) is 4.20. The predicted molar refractivity (Wildman–Crippen MR) is 106 cm³/mol. The molecule has 0 aliphatic heterocycles. The molecule has 2 aromatic carbocycles. The lowest BCUT2D eigenvalue weighted by Crippen LogP contribution is -2.15. The van der Waals surface area contributed by atoms with E-state index in [4.69, 9.17) is 0 Å². The van der Waals surface area contributed by atoms with Crippen LogP contribution in [0.4, 0.5) is 5.69 Å². The maximum absolute atomic E-state index is 12.4. The molecule has 0 amide bonds. The largest absolute Gasteiger partial charge is 0.465 e. The molecule has 0 bridgehead atoms. The summed E-state index contributed by atoms with van der Waals surface area (Å²) in [5.41, 5.74) is 2.08. The molecule has 9 heteroatoms. The van der Waals surface area contributed by atoms with E-state index in [0.717, 1.165) is 21.6 Å². The van der Waals surface area contributed by atoms with Gasteiger partial charge in [-0.2, -0.15) is 0 Å².